The van der Waals surface area contributed by atoms with Crippen LogP contribution < -0.4 is 10.2 Å². The molecule has 206 valence electrons. The van der Waals surface area contributed by atoms with E-state index in [-0.39, 0.29) is 40.4 Å². The maximum atomic E-state index is 13.9. The van der Waals surface area contributed by atoms with E-state index in [0.29, 0.717) is 11.0 Å². The smallest absolute Gasteiger partial charge is 0.395 e. The Balaban J connectivity index is 2.34. The number of hydrogen-bond donors (Lipinski definition) is 2. The number of anilines is 1. The minimum absolute atomic E-state index is 0.0242. The van der Waals surface area contributed by atoms with Crippen LogP contribution in [0.5, 0.6) is 0 Å². The molecule has 10 nitrogen and oxygen atoms in total. The largest absolute Gasteiger partial charge is 0.416 e. The first kappa shape index (κ1) is 29.4. The number of rotatable bonds is 5. The fourth-order valence-electron chi connectivity index (χ4n) is 4.77. The van der Waals surface area contributed by atoms with Crippen LogP contribution in [0.4, 0.5) is 28.4 Å². The Morgan fingerprint density at radius 1 is 1.28 bits per heavy atom. The predicted octanol–water partition coefficient (Wildman–Crippen LogP) is 3.60. The van der Waals surface area contributed by atoms with Crippen molar-refractivity contribution in [2.24, 2.45) is 5.41 Å². The number of alkyl halides is 3. The van der Waals surface area contributed by atoms with Crippen molar-refractivity contribution in [3.63, 3.8) is 0 Å². The van der Waals surface area contributed by atoms with E-state index in [0.717, 1.165) is 29.4 Å². The zero-order valence-corrected chi connectivity index (χ0v) is 21.9. The Labute approximate surface area is 222 Å². The van der Waals surface area contributed by atoms with Crippen molar-refractivity contribution in [3.8, 4) is 12.1 Å². The quantitative estimate of drug-likeness (QED) is 0.555. The summed E-state index contributed by atoms with van der Waals surface area (Å²) in [6.45, 7) is 1.89. The van der Waals surface area contributed by atoms with Gasteiger partial charge in [0, 0.05) is 29.5 Å². The van der Waals surface area contributed by atoms with Crippen LogP contribution in [-0.2, 0) is 16.0 Å². The lowest BCUT2D eigenvalue weighted by Crippen LogP contribution is -2.63. The second-order valence-corrected chi connectivity index (χ2v) is 11.2. The van der Waals surface area contributed by atoms with E-state index < -0.39 is 51.7 Å². The summed E-state index contributed by atoms with van der Waals surface area (Å²) in [5.41, 5.74) is -3.33. The summed E-state index contributed by atoms with van der Waals surface area (Å²) in [6.07, 6.45) is -1.52. The molecule has 1 unspecified atom stereocenters. The maximum absolute atomic E-state index is 13.9. The number of hydrogen-bond acceptors (Lipinski definition) is 7. The number of sulfone groups is 1. The van der Waals surface area contributed by atoms with Gasteiger partial charge in [-0.25, -0.2) is 22.9 Å². The minimum Gasteiger partial charge on any atom is -0.395 e. The second-order valence-electron chi connectivity index (χ2n) is 9.18. The van der Waals surface area contributed by atoms with Crippen molar-refractivity contribution in [2.45, 2.75) is 32.5 Å². The fourth-order valence-corrected chi connectivity index (χ4v) is 6.16. The fraction of sp³-hybridized carbons (Fsp3) is 0.360. The molecule has 0 radical (unpaired) electrons. The van der Waals surface area contributed by atoms with E-state index in [1.54, 1.807) is 0 Å². The lowest BCUT2D eigenvalue weighted by atomic mass is 9.71. The van der Waals surface area contributed by atoms with E-state index in [1.165, 1.54) is 26.0 Å². The normalized spacial score (nSPS) is 22.1. The summed E-state index contributed by atoms with van der Waals surface area (Å²) in [4.78, 5) is 28.3. The topological polar surface area (TPSA) is 155 Å². The summed E-state index contributed by atoms with van der Waals surface area (Å²) in [5, 5.41) is 31.1. The number of urea groups is 2. The first-order chi connectivity index (χ1) is 18.1. The highest BCUT2D eigenvalue weighted by Crippen LogP contribution is 2.49. The molecule has 4 amide bonds. The van der Waals surface area contributed by atoms with Gasteiger partial charge < -0.3 is 10.4 Å². The van der Waals surface area contributed by atoms with Crippen LogP contribution in [0.15, 0.2) is 58.2 Å². The molecule has 0 saturated carbocycles. The molecule has 2 N–H and O–H groups in total. The van der Waals surface area contributed by atoms with Gasteiger partial charge in [0.2, 0.25) is 0 Å². The molecule has 0 bridgehead atoms. The Hall–Kier alpha value is -4.14. The van der Waals surface area contributed by atoms with Gasteiger partial charge in [-0.2, -0.15) is 23.7 Å². The average Bonchev–Trinajstić information content (AvgIpc) is 2.86. The van der Waals surface area contributed by atoms with E-state index in [1.807, 2.05) is 12.1 Å². The van der Waals surface area contributed by atoms with Crippen molar-refractivity contribution < 1.29 is 36.3 Å². The number of nitriles is 2. The number of carbonyl (C=O) groups excluding carboxylic acids is 2. The summed E-state index contributed by atoms with van der Waals surface area (Å²) in [5.74, 6) is 0. The van der Waals surface area contributed by atoms with E-state index in [2.05, 4.69) is 5.32 Å². The molecule has 1 aliphatic carbocycles. The number of imide groups is 1. The van der Waals surface area contributed by atoms with Gasteiger partial charge in [0.25, 0.3) is 0 Å². The molecule has 0 aromatic heterocycles. The lowest BCUT2D eigenvalue weighted by Gasteiger charge is -2.48. The Morgan fingerprint density at radius 2 is 1.95 bits per heavy atom. The highest BCUT2D eigenvalue weighted by molar-refractivity contribution is 7.94. The zero-order valence-electron chi connectivity index (χ0n) is 21.1. The van der Waals surface area contributed by atoms with Crippen LogP contribution in [-0.4, -0.2) is 55.9 Å². The van der Waals surface area contributed by atoms with Crippen molar-refractivity contribution in [2.75, 3.05) is 24.3 Å². The SMILES string of the molecule is CC1=C(C#N)[C@@H](C2(C)CC=C(C#N)C=C2S(C)(=O)=O)N(C(=O)NCCO)C(=O)N1c1cccc(C(F)(F)F)c1. The maximum Gasteiger partial charge on any atom is 0.416 e. The van der Waals surface area contributed by atoms with Gasteiger partial charge in [-0.3, -0.25) is 4.90 Å². The van der Waals surface area contributed by atoms with Crippen molar-refractivity contribution in [1.29, 1.82) is 10.5 Å². The van der Waals surface area contributed by atoms with Gasteiger partial charge in [-0.05, 0) is 37.6 Å². The molecule has 1 aromatic carbocycles. The van der Waals surface area contributed by atoms with E-state index >= 15 is 0 Å². The van der Waals surface area contributed by atoms with Gasteiger partial charge in [0.1, 0.15) is 0 Å². The number of nitrogens with zero attached hydrogens (tertiary/aromatic N) is 4. The third-order valence-corrected chi connectivity index (χ3v) is 7.92. The molecular weight excluding hydrogens is 539 g/mol. The third kappa shape index (κ3) is 5.39. The number of allylic oxidation sites excluding steroid dienone is 4. The highest BCUT2D eigenvalue weighted by Gasteiger charge is 2.54. The number of amides is 4. The second kappa shape index (κ2) is 10.6. The molecule has 0 saturated heterocycles. The Bertz CT molecular complexity index is 1500. The molecule has 2 aliphatic rings. The van der Waals surface area contributed by atoms with Crippen molar-refractivity contribution in [1.82, 2.24) is 10.2 Å². The summed E-state index contributed by atoms with van der Waals surface area (Å²) >= 11 is 0. The predicted molar refractivity (Wildman–Crippen MR) is 133 cm³/mol. The molecule has 1 aromatic rings. The summed E-state index contributed by atoms with van der Waals surface area (Å²) in [7, 11) is -4.06. The van der Waals surface area contributed by atoms with Crippen LogP contribution in [0.1, 0.15) is 25.8 Å². The third-order valence-electron chi connectivity index (χ3n) is 6.54. The van der Waals surface area contributed by atoms with Gasteiger partial charge in [0.15, 0.2) is 9.84 Å². The molecule has 1 aliphatic heterocycles. The van der Waals surface area contributed by atoms with Gasteiger partial charge >= 0.3 is 18.2 Å². The van der Waals surface area contributed by atoms with Gasteiger partial charge in [-0.1, -0.05) is 19.1 Å². The number of nitrogens with one attached hydrogen (secondary N) is 1. The molecule has 0 spiro atoms. The van der Waals surface area contributed by atoms with Crippen molar-refractivity contribution >= 4 is 27.6 Å². The van der Waals surface area contributed by atoms with Crippen LogP contribution >= 0.6 is 0 Å². The number of aliphatic hydroxyl groups excluding tert-OH is 1. The first-order valence-electron chi connectivity index (χ1n) is 11.4. The van der Waals surface area contributed by atoms with Gasteiger partial charge in [0.05, 0.1) is 46.5 Å². The van der Waals surface area contributed by atoms with E-state index in [4.69, 9.17) is 0 Å². The van der Waals surface area contributed by atoms with Crippen LogP contribution in [0, 0.1) is 28.1 Å². The van der Waals surface area contributed by atoms with E-state index in [9.17, 15) is 46.8 Å². The molecular formula is C25H24F3N5O5S. The Kier molecular flexibility index (Phi) is 7.96. The zero-order chi connectivity index (χ0) is 29.3. The molecule has 0 fully saturated rings. The standard InChI is InChI=1S/C25H24F3N5O5S/c1-15-19(14-30)21(24(2)8-7-16(13-29)11-20(24)39(3,37)38)33(22(35)31-9-10-34)23(36)32(15)18-6-4-5-17(12-18)25(26,27)28/h4-7,11-12,21,34H,8-10H2,1-3H3,(H,31,35)/t21-,24?/m0/s1. The molecule has 39 heavy (non-hydrogen) atoms. The molecule has 3 rings (SSSR count). The lowest BCUT2D eigenvalue weighted by molar-refractivity contribution is -0.137. The number of aliphatic hydroxyl groups is 1. The van der Waals surface area contributed by atoms with Crippen LogP contribution in [0.3, 0.4) is 0 Å². The summed E-state index contributed by atoms with van der Waals surface area (Å²) in [6, 6.07) is 3.72. The molecule has 1 heterocycles. The minimum atomic E-state index is -4.75. The average molecular weight is 564 g/mol. The number of benzene rings is 1. The number of halogens is 3. The highest BCUT2D eigenvalue weighted by atomic mass is 32.2. The van der Waals surface area contributed by atoms with Crippen LogP contribution in [0.25, 0.3) is 0 Å². The van der Waals surface area contributed by atoms with Gasteiger partial charge in [-0.15, -0.1) is 0 Å². The monoisotopic (exact) mass is 563 g/mol. The summed E-state index contributed by atoms with van der Waals surface area (Å²) < 4.78 is 66.0. The van der Waals surface area contributed by atoms with Crippen molar-refractivity contribution in [3.05, 3.63) is 63.7 Å². The molecule has 2 atom stereocenters. The number of carbonyl (C=O) groups is 2. The molecule has 14 heteroatoms. The Morgan fingerprint density at radius 3 is 2.49 bits per heavy atom. The first-order valence-corrected chi connectivity index (χ1v) is 13.3. The van der Waals surface area contributed by atoms with Crippen LogP contribution in [0.2, 0.25) is 0 Å².